The van der Waals surface area contributed by atoms with E-state index in [9.17, 15) is 9.59 Å². The number of carbonyl (C=O) groups excluding carboxylic acids is 2. The minimum atomic E-state index is -0.179. The second-order valence-electron chi connectivity index (χ2n) is 7.66. The van der Waals surface area contributed by atoms with Crippen LogP contribution in [0.2, 0.25) is 0 Å². The molecule has 1 aliphatic carbocycles. The Labute approximate surface area is 167 Å². The van der Waals surface area contributed by atoms with Crippen molar-refractivity contribution in [3.63, 3.8) is 0 Å². The normalized spacial score (nSPS) is 13.3. The molecule has 0 saturated heterocycles. The Balaban J connectivity index is 1.72. The van der Waals surface area contributed by atoms with Gasteiger partial charge in [0.25, 0.3) is 11.8 Å². The number of nitrogens with one attached hydrogen (secondary N) is 2. The lowest BCUT2D eigenvalue weighted by Gasteiger charge is -2.27. The first-order valence-electron chi connectivity index (χ1n) is 9.98. The standard InChI is InChI=1S/C23H29N3O2/c1-5-26(15(2)3)20-12-8-17(9-13-20)22(27)25-21-14-18(7-6-16(21)4)23(28)24-19-10-11-19/h6-9,12-15,19H,5,10-11H2,1-4H3,(H,24,28)(H,25,27). The number of hydrogen-bond acceptors (Lipinski definition) is 3. The third kappa shape index (κ3) is 4.71. The Morgan fingerprint density at radius 1 is 1.04 bits per heavy atom. The van der Waals surface area contributed by atoms with Gasteiger partial charge in [-0.15, -0.1) is 0 Å². The number of carbonyl (C=O) groups is 2. The van der Waals surface area contributed by atoms with E-state index in [1.165, 1.54) is 0 Å². The van der Waals surface area contributed by atoms with Crippen molar-refractivity contribution >= 4 is 23.2 Å². The molecule has 5 heteroatoms. The fraction of sp³-hybridized carbons (Fsp3) is 0.391. The predicted octanol–water partition coefficient (Wildman–Crippen LogP) is 4.37. The average molecular weight is 380 g/mol. The van der Waals surface area contributed by atoms with Crippen molar-refractivity contribution in [1.29, 1.82) is 0 Å². The molecule has 1 aliphatic rings. The van der Waals surface area contributed by atoms with Crippen LogP contribution in [0.1, 0.15) is 59.9 Å². The first kappa shape index (κ1) is 19.9. The summed E-state index contributed by atoms with van der Waals surface area (Å²) in [5.41, 5.74) is 3.85. The highest BCUT2D eigenvalue weighted by molar-refractivity contribution is 6.05. The smallest absolute Gasteiger partial charge is 0.255 e. The first-order chi connectivity index (χ1) is 13.4. The van der Waals surface area contributed by atoms with Crippen molar-refractivity contribution in [3.05, 3.63) is 59.2 Å². The molecule has 0 spiro atoms. The molecule has 148 valence electrons. The second-order valence-corrected chi connectivity index (χ2v) is 7.66. The van der Waals surface area contributed by atoms with E-state index < -0.39 is 0 Å². The maximum atomic E-state index is 12.7. The van der Waals surface area contributed by atoms with Crippen LogP contribution in [0.4, 0.5) is 11.4 Å². The molecular weight excluding hydrogens is 350 g/mol. The van der Waals surface area contributed by atoms with Crippen LogP contribution in [0.25, 0.3) is 0 Å². The van der Waals surface area contributed by atoms with Crippen molar-refractivity contribution in [1.82, 2.24) is 5.32 Å². The number of nitrogens with zero attached hydrogens (tertiary/aromatic N) is 1. The third-order valence-electron chi connectivity index (χ3n) is 5.09. The summed E-state index contributed by atoms with van der Waals surface area (Å²) >= 11 is 0. The van der Waals surface area contributed by atoms with Gasteiger partial charge in [-0.1, -0.05) is 6.07 Å². The number of anilines is 2. The Morgan fingerprint density at radius 3 is 2.25 bits per heavy atom. The van der Waals surface area contributed by atoms with Crippen LogP contribution in [0.3, 0.4) is 0 Å². The van der Waals surface area contributed by atoms with E-state index in [1.807, 2.05) is 37.3 Å². The number of rotatable bonds is 7. The SMILES string of the molecule is CCN(c1ccc(C(=O)Nc2cc(C(=O)NC3CC3)ccc2C)cc1)C(C)C. The van der Waals surface area contributed by atoms with Crippen molar-refractivity contribution in [3.8, 4) is 0 Å². The molecular formula is C23H29N3O2. The lowest BCUT2D eigenvalue weighted by Crippen LogP contribution is -2.30. The van der Waals surface area contributed by atoms with Crippen LogP contribution in [0.5, 0.6) is 0 Å². The lowest BCUT2D eigenvalue weighted by atomic mass is 10.1. The van der Waals surface area contributed by atoms with E-state index in [0.717, 1.165) is 30.6 Å². The summed E-state index contributed by atoms with van der Waals surface area (Å²) in [5.74, 6) is -0.266. The molecule has 0 bridgehead atoms. The van der Waals surface area contributed by atoms with Gasteiger partial charge in [-0.05, 0) is 82.5 Å². The quantitative estimate of drug-likeness (QED) is 0.751. The zero-order valence-corrected chi connectivity index (χ0v) is 17.1. The summed E-state index contributed by atoms with van der Waals surface area (Å²) in [6, 6.07) is 13.7. The van der Waals surface area contributed by atoms with Crippen molar-refractivity contribution in [2.75, 3.05) is 16.8 Å². The highest BCUT2D eigenvalue weighted by atomic mass is 16.2. The molecule has 2 amide bonds. The minimum absolute atomic E-state index is 0.0873. The van der Waals surface area contributed by atoms with Crippen LogP contribution < -0.4 is 15.5 Å². The summed E-state index contributed by atoms with van der Waals surface area (Å²) in [6.07, 6.45) is 2.09. The number of benzene rings is 2. The van der Waals surface area contributed by atoms with Gasteiger partial charge >= 0.3 is 0 Å². The van der Waals surface area contributed by atoms with E-state index >= 15 is 0 Å². The highest BCUT2D eigenvalue weighted by Crippen LogP contribution is 2.22. The van der Waals surface area contributed by atoms with Gasteiger partial charge in [0.1, 0.15) is 0 Å². The minimum Gasteiger partial charge on any atom is -0.369 e. The molecule has 5 nitrogen and oxygen atoms in total. The van der Waals surface area contributed by atoms with Crippen LogP contribution in [0.15, 0.2) is 42.5 Å². The molecule has 3 rings (SSSR count). The van der Waals surface area contributed by atoms with Crippen LogP contribution in [-0.2, 0) is 0 Å². The molecule has 0 heterocycles. The fourth-order valence-electron chi connectivity index (χ4n) is 3.24. The maximum Gasteiger partial charge on any atom is 0.255 e. The molecule has 0 atom stereocenters. The van der Waals surface area contributed by atoms with Crippen molar-refractivity contribution in [2.45, 2.75) is 52.6 Å². The van der Waals surface area contributed by atoms with Gasteiger partial charge in [0.05, 0.1) is 0 Å². The Kier molecular flexibility index (Phi) is 6.02. The first-order valence-corrected chi connectivity index (χ1v) is 9.98. The maximum absolute atomic E-state index is 12.7. The molecule has 1 fully saturated rings. The Hall–Kier alpha value is -2.82. The third-order valence-corrected chi connectivity index (χ3v) is 5.09. The van der Waals surface area contributed by atoms with E-state index in [2.05, 4.69) is 36.3 Å². The monoisotopic (exact) mass is 379 g/mol. The van der Waals surface area contributed by atoms with Gasteiger partial charge in [-0.25, -0.2) is 0 Å². The molecule has 2 aromatic carbocycles. The van der Waals surface area contributed by atoms with Gasteiger partial charge in [0, 0.05) is 41.1 Å². The van der Waals surface area contributed by atoms with E-state index in [1.54, 1.807) is 12.1 Å². The fourth-order valence-corrected chi connectivity index (χ4v) is 3.24. The summed E-state index contributed by atoms with van der Waals surface area (Å²) in [4.78, 5) is 27.2. The number of amides is 2. The summed E-state index contributed by atoms with van der Waals surface area (Å²) in [5, 5.41) is 5.92. The molecule has 2 N–H and O–H groups in total. The summed E-state index contributed by atoms with van der Waals surface area (Å²) in [6.45, 7) is 9.26. The van der Waals surface area contributed by atoms with Gasteiger partial charge in [-0.2, -0.15) is 0 Å². The van der Waals surface area contributed by atoms with E-state index in [0.29, 0.717) is 28.9 Å². The Morgan fingerprint density at radius 2 is 1.68 bits per heavy atom. The number of hydrogen-bond donors (Lipinski definition) is 2. The lowest BCUT2D eigenvalue weighted by molar-refractivity contribution is 0.0949. The largest absolute Gasteiger partial charge is 0.369 e. The zero-order valence-electron chi connectivity index (χ0n) is 17.1. The van der Waals surface area contributed by atoms with Crippen molar-refractivity contribution < 1.29 is 9.59 Å². The molecule has 1 saturated carbocycles. The zero-order chi connectivity index (χ0) is 20.3. The molecule has 0 aliphatic heterocycles. The second kappa shape index (κ2) is 8.46. The predicted molar refractivity (Wildman–Crippen MR) is 114 cm³/mol. The van der Waals surface area contributed by atoms with Gasteiger partial charge in [0.15, 0.2) is 0 Å². The highest BCUT2D eigenvalue weighted by Gasteiger charge is 2.24. The van der Waals surface area contributed by atoms with E-state index in [4.69, 9.17) is 0 Å². The van der Waals surface area contributed by atoms with E-state index in [-0.39, 0.29) is 11.8 Å². The van der Waals surface area contributed by atoms with Gasteiger partial charge < -0.3 is 15.5 Å². The van der Waals surface area contributed by atoms with Crippen LogP contribution >= 0.6 is 0 Å². The summed E-state index contributed by atoms with van der Waals surface area (Å²) in [7, 11) is 0. The number of aryl methyl sites for hydroxylation is 1. The molecule has 0 aromatic heterocycles. The van der Waals surface area contributed by atoms with Crippen molar-refractivity contribution in [2.24, 2.45) is 0 Å². The van der Waals surface area contributed by atoms with Gasteiger partial charge in [-0.3, -0.25) is 9.59 Å². The topological polar surface area (TPSA) is 61.4 Å². The molecule has 0 radical (unpaired) electrons. The molecule has 2 aromatic rings. The van der Waals surface area contributed by atoms with Crippen LogP contribution in [-0.4, -0.2) is 30.4 Å². The average Bonchev–Trinajstić information content (AvgIpc) is 3.48. The van der Waals surface area contributed by atoms with Crippen LogP contribution in [0, 0.1) is 6.92 Å². The molecule has 0 unspecified atom stereocenters. The van der Waals surface area contributed by atoms with Gasteiger partial charge in [0.2, 0.25) is 0 Å². The summed E-state index contributed by atoms with van der Waals surface area (Å²) < 4.78 is 0. The Bertz CT molecular complexity index is 855. The molecule has 28 heavy (non-hydrogen) atoms.